The van der Waals surface area contributed by atoms with Crippen molar-refractivity contribution in [3.63, 3.8) is 0 Å². The molecule has 4 heteroatoms. The molecule has 0 heterocycles. The van der Waals surface area contributed by atoms with Crippen LogP contribution in [0.5, 0.6) is 5.75 Å². The summed E-state index contributed by atoms with van der Waals surface area (Å²) in [6.45, 7) is 2.10. The second-order valence-electron chi connectivity index (χ2n) is 6.32. The molecular weight excluding hydrogens is 290 g/mol. The molecule has 2 N–H and O–H groups in total. The van der Waals surface area contributed by atoms with E-state index in [1.807, 2.05) is 31.2 Å². The van der Waals surface area contributed by atoms with Crippen molar-refractivity contribution < 1.29 is 14.6 Å². The van der Waals surface area contributed by atoms with E-state index >= 15 is 0 Å². The van der Waals surface area contributed by atoms with Gasteiger partial charge < -0.3 is 15.2 Å². The van der Waals surface area contributed by atoms with Crippen molar-refractivity contribution in [2.24, 2.45) is 5.92 Å². The maximum absolute atomic E-state index is 12.2. The minimum absolute atomic E-state index is 0.0669. The minimum atomic E-state index is -0.0669. The molecule has 2 atom stereocenters. The monoisotopic (exact) mass is 317 g/mol. The highest BCUT2D eigenvalue weighted by molar-refractivity contribution is 5.88. The van der Waals surface area contributed by atoms with Gasteiger partial charge in [0.25, 0.3) is 0 Å². The third-order valence-corrected chi connectivity index (χ3v) is 4.51. The molecule has 2 unspecified atom stereocenters. The molecule has 1 aromatic carbocycles. The second-order valence-corrected chi connectivity index (χ2v) is 6.32. The molecule has 23 heavy (non-hydrogen) atoms. The first-order valence-corrected chi connectivity index (χ1v) is 8.34. The lowest BCUT2D eigenvalue weighted by Gasteiger charge is -2.30. The molecule has 0 aromatic heterocycles. The van der Waals surface area contributed by atoms with Crippen molar-refractivity contribution in [1.29, 1.82) is 0 Å². The Balaban J connectivity index is 1.95. The number of hydrogen-bond donors (Lipinski definition) is 2. The first kappa shape index (κ1) is 17.5. The molecule has 0 saturated heterocycles. The lowest BCUT2D eigenvalue weighted by atomic mass is 9.85. The van der Waals surface area contributed by atoms with Gasteiger partial charge in [0, 0.05) is 24.6 Å². The van der Waals surface area contributed by atoms with E-state index in [0.29, 0.717) is 6.42 Å². The minimum Gasteiger partial charge on any atom is -0.496 e. The molecule has 0 bridgehead atoms. The van der Waals surface area contributed by atoms with Gasteiger partial charge in [-0.05, 0) is 37.8 Å². The average molecular weight is 317 g/mol. The van der Waals surface area contributed by atoms with E-state index in [2.05, 4.69) is 5.32 Å². The molecule has 1 saturated carbocycles. The molecule has 1 amide bonds. The van der Waals surface area contributed by atoms with Gasteiger partial charge >= 0.3 is 0 Å². The molecule has 0 aliphatic heterocycles. The Kier molecular flexibility index (Phi) is 6.66. The third-order valence-electron chi connectivity index (χ3n) is 4.51. The van der Waals surface area contributed by atoms with Crippen LogP contribution in [0.1, 0.15) is 38.2 Å². The van der Waals surface area contributed by atoms with Gasteiger partial charge in [0.2, 0.25) is 5.91 Å². The van der Waals surface area contributed by atoms with Crippen molar-refractivity contribution in [2.45, 2.75) is 45.1 Å². The van der Waals surface area contributed by atoms with Crippen molar-refractivity contribution in [3.8, 4) is 5.75 Å². The van der Waals surface area contributed by atoms with E-state index in [-0.39, 0.29) is 24.5 Å². The van der Waals surface area contributed by atoms with Crippen LogP contribution in [-0.4, -0.2) is 30.8 Å². The summed E-state index contributed by atoms with van der Waals surface area (Å²) in [7, 11) is 1.66. The van der Waals surface area contributed by atoms with Gasteiger partial charge in [0.15, 0.2) is 0 Å². The quantitative estimate of drug-likeness (QED) is 0.793. The Bertz CT molecular complexity index is 553. The highest BCUT2D eigenvalue weighted by Crippen LogP contribution is 2.24. The number of amides is 1. The Labute approximate surface area is 138 Å². The van der Waals surface area contributed by atoms with Crippen LogP contribution in [0.2, 0.25) is 0 Å². The topological polar surface area (TPSA) is 58.6 Å². The number of allylic oxidation sites excluding steroid dienone is 1. The Morgan fingerprint density at radius 1 is 1.35 bits per heavy atom. The van der Waals surface area contributed by atoms with Crippen LogP contribution in [-0.2, 0) is 11.2 Å². The van der Waals surface area contributed by atoms with E-state index in [1.54, 1.807) is 13.2 Å². The summed E-state index contributed by atoms with van der Waals surface area (Å²) in [5, 5.41) is 12.5. The number of aliphatic hydroxyl groups excluding tert-OH is 1. The number of ether oxygens (including phenoxy) is 1. The number of benzene rings is 1. The summed E-state index contributed by atoms with van der Waals surface area (Å²) < 4.78 is 5.35. The molecule has 0 spiro atoms. The predicted octanol–water partition coefficient (Wildman–Crippen LogP) is 2.85. The van der Waals surface area contributed by atoms with Gasteiger partial charge in [-0.15, -0.1) is 0 Å². The predicted molar refractivity (Wildman–Crippen MR) is 91.4 cm³/mol. The van der Waals surface area contributed by atoms with Crippen LogP contribution >= 0.6 is 0 Å². The standard InChI is InChI=1S/C19H27NO3/c1-14(11-15-7-4-6-10-18(15)23-2)12-19(22)20-17-9-5-3-8-16(17)13-21/h4,6-7,10,12,16-17,21H,3,5,8-9,11,13H2,1-2H3,(H,20,22)/b14-12+. The highest BCUT2D eigenvalue weighted by atomic mass is 16.5. The van der Waals surface area contributed by atoms with Crippen LogP contribution in [0.25, 0.3) is 0 Å². The number of para-hydroxylation sites is 1. The molecule has 2 rings (SSSR count). The summed E-state index contributed by atoms with van der Waals surface area (Å²) in [5.74, 6) is 0.964. The molecule has 126 valence electrons. The average Bonchev–Trinajstić information content (AvgIpc) is 2.55. The fourth-order valence-electron chi connectivity index (χ4n) is 3.26. The zero-order valence-corrected chi connectivity index (χ0v) is 14.0. The van der Waals surface area contributed by atoms with Crippen LogP contribution in [0, 0.1) is 5.92 Å². The zero-order valence-electron chi connectivity index (χ0n) is 14.0. The lowest BCUT2D eigenvalue weighted by Crippen LogP contribution is -2.42. The molecule has 1 aromatic rings. The Hall–Kier alpha value is -1.81. The van der Waals surface area contributed by atoms with Gasteiger partial charge in [-0.1, -0.05) is 36.6 Å². The van der Waals surface area contributed by atoms with E-state index in [9.17, 15) is 9.90 Å². The van der Waals surface area contributed by atoms with Crippen molar-refractivity contribution in [1.82, 2.24) is 5.32 Å². The number of rotatable bonds is 6. The molecule has 1 aliphatic rings. The normalized spacial score (nSPS) is 21.8. The number of methoxy groups -OCH3 is 1. The third kappa shape index (κ3) is 5.10. The van der Waals surface area contributed by atoms with Crippen LogP contribution in [0.3, 0.4) is 0 Å². The molecule has 1 fully saturated rings. The van der Waals surface area contributed by atoms with E-state index in [4.69, 9.17) is 4.74 Å². The van der Waals surface area contributed by atoms with Crippen LogP contribution in [0.15, 0.2) is 35.9 Å². The Morgan fingerprint density at radius 3 is 2.83 bits per heavy atom. The summed E-state index contributed by atoms with van der Waals surface area (Å²) in [5.41, 5.74) is 2.06. The zero-order chi connectivity index (χ0) is 16.7. The van der Waals surface area contributed by atoms with E-state index in [0.717, 1.165) is 42.6 Å². The summed E-state index contributed by atoms with van der Waals surface area (Å²) >= 11 is 0. The first-order valence-electron chi connectivity index (χ1n) is 8.34. The van der Waals surface area contributed by atoms with Gasteiger partial charge in [-0.2, -0.15) is 0 Å². The smallest absolute Gasteiger partial charge is 0.244 e. The molecular formula is C19H27NO3. The summed E-state index contributed by atoms with van der Waals surface area (Å²) in [6, 6.07) is 7.94. The highest BCUT2D eigenvalue weighted by Gasteiger charge is 2.25. The maximum Gasteiger partial charge on any atom is 0.244 e. The number of aliphatic hydroxyl groups is 1. The van der Waals surface area contributed by atoms with Gasteiger partial charge in [-0.25, -0.2) is 0 Å². The SMILES string of the molecule is COc1ccccc1C/C(C)=C/C(=O)NC1CCCCC1CO. The number of hydrogen-bond acceptors (Lipinski definition) is 3. The Morgan fingerprint density at radius 2 is 2.09 bits per heavy atom. The number of carbonyl (C=O) groups excluding carboxylic acids is 1. The van der Waals surface area contributed by atoms with Crippen LogP contribution < -0.4 is 10.1 Å². The fraction of sp³-hybridized carbons (Fsp3) is 0.526. The largest absolute Gasteiger partial charge is 0.496 e. The van der Waals surface area contributed by atoms with Gasteiger partial charge in [0.1, 0.15) is 5.75 Å². The summed E-state index contributed by atoms with van der Waals surface area (Å²) in [6.07, 6.45) is 6.55. The second kappa shape index (κ2) is 8.73. The maximum atomic E-state index is 12.2. The van der Waals surface area contributed by atoms with Gasteiger partial charge in [0.05, 0.1) is 7.11 Å². The lowest BCUT2D eigenvalue weighted by molar-refractivity contribution is -0.117. The number of nitrogens with one attached hydrogen (secondary N) is 1. The van der Waals surface area contributed by atoms with Crippen molar-refractivity contribution in [2.75, 3.05) is 13.7 Å². The van der Waals surface area contributed by atoms with Crippen LogP contribution in [0.4, 0.5) is 0 Å². The molecule has 0 radical (unpaired) electrons. The first-order chi connectivity index (χ1) is 11.1. The van der Waals surface area contributed by atoms with E-state index < -0.39 is 0 Å². The summed E-state index contributed by atoms with van der Waals surface area (Å²) in [4.78, 5) is 12.2. The molecule has 1 aliphatic carbocycles. The number of carbonyl (C=O) groups is 1. The van der Waals surface area contributed by atoms with Crippen molar-refractivity contribution in [3.05, 3.63) is 41.5 Å². The van der Waals surface area contributed by atoms with E-state index in [1.165, 1.54) is 0 Å². The van der Waals surface area contributed by atoms with Gasteiger partial charge in [-0.3, -0.25) is 4.79 Å². The van der Waals surface area contributed by atoms with Crippen molar-refractivity contribution >= 4 is 5.91 Å². The fourth-order valence-corrected chi connectivity index (χ4v) is 3.26. The molecule has 4 nitrogen and oxygen atoms in total.